The Morgan fingerprint density at radius 1 is 1.00 bits per heavy atom. The predicted octanol–water partition coefficient (Wildman–Crippen LogP) is 6.38. The zero-order valence-corrected chi connectivity index (χ0v) is 25.6. The number of aliphatic imine (C=N–C) groups is 1. The van der Waals surface area contributed by atoms with E-state index in [0.29, 0.717) is 52.7 Å². The van der Waals surface area contributed by atoms with Crippen LogP contribution in [0.5, 0.6) is 11.5 Å². The van der Waals surface area contributed by atoms with Crippen LogP contribution in [0.4, 0.5) is 4.79 Å². The van der Waals surface area contributed by atoms with Gasteiger partial charge in [0, 0.05) is 42.3 Å². The number of ether oxygens (including phenoxy) is 3. The summed E-state index contributed by atoms with van der Waals surface area (Å²) < 4.78 is 17.2. The number of halogens is 2. The van der Waals surface area contributed by atoms with Gasteiger partial charge in [0.2, 0.25) is 0 Å². The SMILES string of the molecule is COc1ccc(C2=NC(c3ccc(Cl)cc3)C(c3ccc(Cl)cc3)N2C(=O)NCCN2CCOCC2)c(OC(C)C)c1. The molecule has 1 saturated heterocycles. The summed E-state index contributed by atoms with van der Waals surface area (Å²) in [5.41, 5.74) is 2.53. The molecule has 42 heavy (non-hydrogen) atoms. The lowest BCUT2D eigenvalue weighted by Crippen LogP contribution is -2.47. The van der Waals surface area contributed by atoms with E-state index in [4.69, 9.17) is 42.4 Å². The van der Waals surface area contributed by atoms with Crippen LogP contribution >= 0.6 is 23.2 Å². The number of hydrogen-bond donors (Lipinski definition) is 1. The number of nitrogens with one attached hydrogen (secondary N) is 1. The van der Waals surface area contributed by atoms with Gasteiger partial charge < -0.3 is 19.5 Å². The highest BCUT2D eigenvalue weighted by Gasteiger charge is 2.43. The van der Waals surface area contributed by atoms with Crippen LogP contribution in [-0.4, -0.2) is 74.3 Å². The van der Waals surface area contributed by atoms with E-state index in [2.05, 4.69) is 10.2 Å². The van der Waals surface area contributed by atoms with Crippen LogP contribution in [0.25, 0.3) is 0 Å². The van der Waals surface area contributed by atoms with Crippen molar-refractivity contribution >= 4 is 35.1 Å². The van der Waals surface area contributed by atoms with Crippen LogP contribution in [0.1, 0.15) is 42.6 Å². The second-order valence-corrected chi connectivity index (χ2v) is 11.4. The van der Waals surface area contributed by atoms with Crippen molar-refractivity contribution in [1.82, 2.24) is 15.1 Å². The van der Waals surface area contributed by atoms with Crippen molar-refractivity contribution in [2.24, 2.45) is 4.99 Å². The first-order valence-corrected chi connectivity index (χ1v) is 14.9. The summed E-state index contributed by atoms with van der Waals surface area (Å²) >= 11 is 12.5. The molecule has 8 nitrogen and oxygen atoms in total. The maximum Gasteiger partial charge on any atom is 0.323 e. The number of amides is 2. The van der Waals surface area contributed by atoms with Gasteiger partial charge in [0.1, 0.15) is 23.4 Å². The molecule has 2 atom stereocenters. The third-order valence-corrected chi connectivity index (χ3v) is 7.81. The highest BCUT2D eigenvalue weighted by Crippen LogP contribution is 2.45. The van der Waals surface area contributed by atoms with Gasteiger partial charge in [0.25, 0.3) is 0 Å². The van der Waals surface area contributed by atoms with Crippen LogP contribution < -0.4 is 14.8 Å². The average molecular weight is 612 g/mol. The Morgan fingerprint density at radius 2 is 1.64 bits per heavy atom. The fraction of sp³-hybridized carbons (Fsp3) is 0.375. The fourth-order valence-corrected chi connectivity index (χ4v) is 5.52. The summed E-state index contributed by atoms with van der Waals surface area (Å²) in [4.78, 5) is 23.4. The van der Waals surface area contributed by atoms with Gasteiger partial charge in [-0.1, -0.05) is 47.5 Å². The molecule has 1 fully saturated rings. The first-order chi connectivity index (χ1) is 20.3. The molecule has 2 heterocycles. The van der Waals surface area contributed by atoms with Crippen molar-refractivity contribution in [1.29, 1.82) is 0 Å². The van der Waals surface area contributed by atoms with Gasteiger partial charge in [-0.05, 0) is 61.4 Å². The number of morpholine rings is 1. The molecule has 0 aromatic heterocycles. The molecule has 0 aliphatic carbocycles. The maximum absolute atomic E-state index is 14.2. The minimum Gasteiger partial charge on any atom is -0.497 e. The lowest BCUT2D eigenvalue weighted by Gasteiger charge is -2.31. The molecule has 0 spiro atoms. The number of hydrogen-bond acceptors (Lipinski definition) is 6. The number of carbonyl (C=O) groups excluding carboxylic acids is 1. The maximum atomic E-state index is 14.2. The molecule has 0 saturated carbocycles. The van der Waals surface area contributed by atoms with Crippen LogP contribution in [-0.2, 0) is 4.74 Å². The summed E-state index contributed by atoms with van der Waals surface area (Å²) in [5, 5.41) is 4.40. The Hall–Kier alpha value is -3.30. The van der Waals surface area contributed by atoms with E-state index in [9.17, 15) is 4.79 Å². The zero-order valence-electron chi connectivity index (χ0n) is 24.1. The van der Waals surface area contributed by atoms with Crippen molar-refractivity contribution in [3.05, 3.63) is 93.5 Å². The van der Waals surface area contributed by atoms with E-state index in [1.807, 2.05) is 80.6 Å². The molecule has 2 aliphatic rings. The summed E-state index contributed by atoms with van der Waals surface area (Å²) in [6.07, 6.45) is -0.104. The number of amidine groups is 1. The van der Waals surface area contributed by atoms with E-state index in [1.165, 1.54) is 0 Å². The lowest BCUT2D eigenvalue weighted by molar-refractivity contribution is 0.0386. The largest absolute Gasteiger partial charge is 0.497 e. The van der Waals surface area contributed by atoms with Crippen molar-refractivity contribution < 1.29 is 19.0 Å². The standard InChI is InChI=1S/C32H36Cl2N4O4/c1-21(2)42-28-20-26(40-3)12-13-27(28)31-36-29(22-4-8-24(33)9-5-22)30(23-6-10-25(34)11-7-23)38(31)32(39)35-14-15-37-16-18-41-19-17-37/h4-13,20-21,29-30H,14-19H2,1-3H3,(H,35,39). The normalized spacial score (nSPS) is 19.1. The third kappa shape index (κ3) is 7.01. The molecule has 3 aromatic rings. The Labute approximate surface area is 257 Å². The number of nitrogens with zero attached hydrogens (tertiary/aromatic N) is 3. The van der Waals surface area contributed by atoms with Crippen molar-refractivity contribution in [3.63, 3.8) is 0 Å². The van der Waals surface area contributed by atoms with Gasteiger partial charge in [0.05, 0.1) is 38.0 Å². The zero-order chi connectivity index (χ0) is 29.6. The van der Waals surface area contributed by atoms with Crippen LogP contribution in [0.3, 0.4) is 0 Å². The van der Waals surface area contributed by atoms with Gasteiger partial charge in [0.15, 0.2) is 0 Å². The highest BCUT2D eigenvalue weighted by molar-refractivity contribution is 6.30. The molecule has 0 radical (unpaired) electrons. The minimum absolute atomic E-state index is 0.104. The minimum atomic E-state index is -0.448. The molecule has 2 unspecified atom stereocenters. The molecular formula is C32H36Cl2N4O4. The molecule has 2 aliphatic heterocycles. The van der Waals surface area contributed by atoms with Gasteiger partial charge in [-0.3, -0.25) is 14.8 Å². The Morgan fingerprint density at radius 3 is 2.26 bits per heavy atom. The van der Waals surface area contributed by atoms with Gasteiger partial charge in [-0.2, -0.15) is 0 Å². The summed E-state index contributed by atoms with van der Waals surface area (Å²) in [6, 6.07) is 19.6. The summed E-state index contributed by atoms with van der Waals surface area (Å²) in [7, 11) is 1.61. The number of rotatable bonds is 9. The Kier molecular flexibility index (Phi) is 9.90. The third-order valence-electron chi connectivity index (χ3n) is 7.31. The lowest BCUT2D eigenvalue weighted by atomic mass is 9.94. The predicted molar refractivity (Wildman–Crippen MR) is 166 cm³/mol. The smallest absolute Gasteiger partial charge is 0.323 e. The first kappa shape index (κ1) is 30.2. The average Bonchev–Trinajstić information content (AvgIpc) is 3.38. The van der Waals surface area contributed by atoms with Crippen LogP contribution in [0, 0.1) is 0 Å². The van der Waals surface area contributed by atoms with Crippen molar-refractivity contribution in [2.75, 3.05) is 46.5 Å². The number of urea groups is 1. The van der Waals surface area contributed by atoms with Crippen LogP contribution in [0.2, 0.25) is 10.0 Å². The Balaban J connectivity index is 1.58. The molecule has 2 amide bonds. The van der Waals surface area contributed by atoms with Crippen LogP contribution in [0.15, 0.2) is 71.7 Å². The molecule has 10 heteroatoms. The molecule has 5 rings (SSSR count). The highest BCUT2D eigenvalue weighted by atomic mass is 35.5. The number of methoxy groups -OCH3 is 1. The van der Waals surface area contributed by atoms with Gasteiger partial charge in [-0.25, -0.2) is 4.79 Å². The van der Waals surface area contributed by atoms with E-state index in [1.54, 1.807) is 12.0 Å². The van der Waals surface area contributed by atoms with Gasteiger partial charge in [-0.15, -0.1) is 0 Å². The number of carbonyl (C=O) groups is 1. The Bertz CT molecular complexity index is 1390. The second-order valence-electron chi connectivity index (χ2n) is 10.5. The topological polar surface area (TPSA) is 75.6 Å². The van der Waals surface area contributed by atoms with Gasteiger partial charge >= 0.3 is 6.03 Å². The molecule has 0 bridgehead atoms. The van der Waals surface area contributed by atoms with E-state index < -0.39 is 12.1 Å². The molecule has 222 valence electrons. The monoisotopic (exact) mass is 610 g/mol. The molecular weight excluding hydrogens is 575 g/mol. The van der Waals surface area contributed by atoms with E-state index in [0.717, 1.165) is 30.8 Å². The summed E-state index contributed by atoms with van der Waals surface area (Å²) in [6.45, 7) is 8.24. The molecule has 3 aromatic carbocycles. The van der Waals surface area contributed by atoms with E-state index >= 15 is 0 Å². The second kappa shape index (κ2) is 13.8. The van der Waals surface area contributed by atoms with Crippen molar-refractivity contribution in [3.8, 4) is 11.5 Å². The first-order valence-electron chi connectivity index (χ1n) is 14.1. The summed E-state index contributed by atoms with van der Waals surface area (Å²) in [5.74, 6) is 1.75. The fourth-order valence-electron chi connectivity index (χ4n) is 5.26. The molecule has 1 N–H and O–H groups in total. The van der Waals surface area contributed by atoms with Crippen molar-refractivity contribution in [2.45, 2.75) is 32.0 Å². The number of benzene rings is 3. The van der Waals surface area contributed by atoms with E-state index in [-0.39, 0.29) is 12.1 Å². The quantitative estimate of drug-likeness (QED) is 0.304.